The molecule has 1 heterocycles. The SMILES string of the molecule is Cc1ccc(C(=O)N(CCCN)Cc2nc3ccccc3n2Cc2ccccc2)cc1. The Labute approximate surface area is 183 Å². The fourth-order valence-electron chi connectivity index (χ4n) is 3.77. The first kappa shape index (κ1) is 20.8. The van der Waals surface area contributed by atoms with Crippen molar-refractivity contribution < 1.29 is 4.79 Å². The van der Waals surface area contributed by atoms with Crippen molar-refractivity contribution in [1.29, 1.82) is 0 Å². The highest BCUT2D eigenvalue weighted by atomic mass is 16.2. The van der Waals surface area contributed by atoms with Crippen LogP contribution in [0.15, 0.2) is 78.9 Å². The quantitative estimate of drug-likeness (QED) is 0.467. The Balaban J connectivity index is 1.68. The number of nitrogens with two attached hydrogens (primary N) is 1. The van der Waals surface area contributed by atoms with Gasteiger partial charge in [-0.2, -0.15) is 0 Å². The number of carbonyl (C=O) groups is 1. The molecule has 4 aromatic rings. The van der Waals surface area contributed by atoms with E-state index in [1.165, 1.54) is 5.56 Å². The van der Waals surface area contributed by atoms with Crippen LogP contribution in [0.3, 0.4) is 0 Å². The van der Waals surface area contributed by atoms with Crippen molar-refractivity contribution in [1.82, 2.24) is 14.5 Å². The summed E-state index contributed by atoms with van der Waals surface area (Å²) in [5.74, 6) is 0.884. The van der Waals surface area contributed by atoms with Crippen molar-refractivity contribution >= 4 is 16.9 Å². The van der Waals surface area contributed by atoms with E-state index in [4.69, 9.17) is 10.7 Å². The molecule has 0 fully saturated rings. The first-order valence-corrected chi connectivity index (χ1v) is 10.7. The number of amides is 1. The molecule has 5 nitrogen and oxygen atoms in total. The zero-order valence-corrected chi connectivity index (χ0v) is 17.9. The first-order chi connectivity index (χ1) is 15.2. The van der Waals surface area contributed by atoms with Crippen molar-refractivity contribution in [2.75, 3.05) is 13.1 Å². The Hall–Kier alpha value is -3.44. The molecule has 0 aliphatic heterocycles. The summed E-state index contributed by atoms with van der Waals surface area (Å²) in [6, 6.07) is 26.2. The lowest BCUT2D eigenvalue weighted by atomic mass is 10.1. The molecule has 0 unspecified atom stereocenters. The molecule has 0 aliphatic rings. The summed E-state index contributed by atoms with van der Waals surface area (Å²) in [6.07, 6.45) is 0.747. The highest BCUT2D eigenvalue weighted by molar-refractivity contribution is 5.94. The monoisotopic (exact) mass is 412 g/mol. The third-order valence-electron chi connectivity index (χ3n) is 5.47. The Morgan fingerprint density at radius 1 is 0.968 bits per heavy atom. The van der Waals surface area contributed by atoms with Crippen LogP contribution in [0, 0.1) is 6.92 Å². The molecule has 0 saturated carbocycles. The average molecular weight is 413 g/mol. The smallest absolute Gasteiger partial charge is 0.254 e. The lowest BCUT2D eigenvalue weighted by Gasteiger charge is -2.23. The molecule has 0 spiro atoms. The largest absolute Gasteiger partial charge is 0.331 e. The van der Waals surface area contributed by atoms with Crippen LogP contribution >= 0.6 is 0 Å². The molecule has 3 aromatic carbocycles. The number of imidazole rings is 1. The Bertz CT molecular complexity index is 1150. The second-order valence-electron chi connectivity index (χ2n) is 7.82. The Morgan fingerprint density at radius 2 is 1.68 bits per heavy atom. The number of hydrogen-bond acceptors (Lipinski definition) is 3. The van der Waals surface area contributed by atoms with Crippen LogP contribution in [-0.4, -0.2) is 33.4 Å². The number of rotatable bonds is 8. The van der Waals surface area contributed by atoms with E-state index in [1.54, 1.807) is 0 Å². The van der Waals surface area contributed by atoms with E-state index in [1.807, 2.05) is 72.5 Å². The number of fused-ring (bicyclic) bond motifs is 1. The molecule has 2 N–H and O–H groups in total. The van der Waals surface area contributed by atoms with Gasteiger partial charge < -0.3 is 15.2 Å². The van der Waals surface area contributed by atoms with Crippen molar-refractivity contribution in [3.63, 3.8) is 0 Å². The molecule has 1 aromatic heterocycles. The number of benzene rings is 3. The summed E-state index contributed by atoms with van der Waals surface area (Å²) >= 11 is 0. The second kappa shape index (κ2) is 9.58. The van der Waals surface area contributed by atoms with E-state index in [9.17, 15) is 4.79 Å². The van der Waals surface area contributed by atoms with E-state index in [0.29, 0.717) is 31.7 Å². The third kappa shape index (κ3) is 4.84. The lowest BCUT2D eigenvalue weighted by molar-refractivity contribution is 0.0736. The average Bonchev–Trinajstić information content (AvgIpc) is 3.14. The van der Waals surface area contributed by atoms with Gasteiger partial charge in [-0.1, -0.05) is 60.2 Å². The van der Waals surface area contributed by atoms with Crippen molar-refractivity contribution in [2.45, 2.75) is 26.4 Å². The maximum Gasteiger partial charge on any atom is 0.254 e. The van der Waals surface area contributed by atoms with Crippen LogP contribution in [0.25, 0.3) is 11.0 Å². The molecule has 0 saturated heterocycles. The van der Waals surface area contributed by atoms with Gasteiger partial charge in [0.1, 0.15) is 5.82 Å². The van der Waals surface area contributed by atoms with Crippen LogP contribution in [0.1, 0.15) is 33.7 Å². The van der Waals surface area contributed by atoms with E-state index < -0.39 is 0 Å². The van der Waals surface area contributed by atoms with Crippen LogP contribution < -0.4 is 5.73 Å². The van der Waals surface area contributed by atoms with Crippen LogP contribution in [-0.2, 0) is 13.1 Å². The predicted molar refractivity (Wildman–Crippen MR) is 125 cm³/mol. The van der Waals surface area contributed by atoms with Gasteiger partial charge in [0.2, 0.25) is 0 Å². The minimum atomic E-state index is 0.00627. The van der Waals surface area contributed by atoms with Crippen LogP contribution in [0.4, 0.5) is 0 Å². The topological polar surface area (TPSA) is 64.2 Å². The van der Waals surface area contributed by atoms with E-state index in [2.05, 4.69) is 22.8 Å². The minimum Gasteiger partial charge on any atom is -0.331 e. The standard InChI is InChI=1S/C26H28N4O/c1-20-12-14-22(15-13-20)26(31)29(17-7-16-27)19-25-28-23-10-5-6-11-24(23)30(25)18-21-8-3-2-4-9-21/h2-6,8-15H,7,16-19,27H2,1H3. The van der Waals surface area contributed by atoms with Crippen molar-refractivity contribution in [3.05, 3.63) is 101 Å². The van der Waals surface area contributed by atoms with Gasteiger partial charge in [-0.3, -0.25) is 4.79 Å². The molecular weight excluding hydrogens is 384 g/mol. The molecule has 0 radical (unpaired) electrons. The summed E-state index contributed by atoms with van der Waals surface area (Å²) in [6.45, 7) is 4.30. The molecule has 0 atom stereocenters. The van der Waals surface area contributed by atoms with Gasteiger partial charge in [-0.25, -0.2) is 4.98 Å². The highest BCUT2D eigenvalue weighted by Crippen LogP contribution is 2.20. The molecule has 0 bridgehead atoms. The third-order valence-corrected chi connectivity index (χ3v) is 5.47. The maximum absolute atomic E-state index is 13.3. The molecule has 5 heteroatoms. The molecule has 0 aliphatic carbocycles. The Morgan fingerprint density at radius 3 is 2.42 bits per heavy atom. The van der Waals surface area contributed by atoms with Gasteiger partial charge in [-0.05, 0) is 49.7 Å². The highest BCUT2D eigenvalue weighted by Gasteiger charge is 2.20. The number of hydrogen-bond donors (Lipinski definition) is 1. The van der Waals surface area contributed by atoms with Crippen molar-refractivity contribution in [2.24, 2.45) is 5.73 Å². The van der Waals surface area contributed by atoms with Crippen molar-refractivity contribution in [3.8, 4) is 0 Å². The summed E-state index contributed by atoms with van der Waals surface area (Å²) in [4.78, 5) is 20.0. The minimum absolute atomic E-state index is 0.00627. The zero-order valence-electron chi connectivity index (χ0n) is 17.9. The van der Waals surface area contributed by atoms with E-state index >= 15 is 0 Å². The summed E-state index contributed by atoms with van der Waals surface area (Å²) in [5.41, 5.74) is 10.8. The normalized spacial score (nSPS) is 11.0. The van der Waals surface area contributed by atoms with E-state index in [0.717, 1.165) is 28.8 Å². The number of aryl methyl sites for hydroxylation is 1. The fourth-order valence-corrected chi connectivity index (χ4v) is 3.77. The van der Waals surface area contributed by atoms with E-state index in [-0.39, 0.29) is 5.91 Å². The predicted octanol–water partition coefficient (Wildman–Crippen LogP) is 4.38. The number of nitrogens with zero attached hydrogens (tertiary/aromatic N) is 3. The second-order valence-corrected chi connectivity index (χ2v) is 7.82. The Kier molecular flexibility index (Phi) is 6.43. The zero-order chi connectivity index (χ0) is 21.6. The van der Waals surface area contributed by atoms with Gasteiger partial charge in [0.15, 0.2) is 0 Å². The lowest BCUT2D eigenvalue weighted by Crippen LogP contribution is -2.33. The molecule has 1 amide bonds. The molecular formula is C26H28N4O. The number of aromatic nitrogens is 2. The maximum atomic E-state index is 13.3. The first-order valence-electron chi connectivity index (χ1n) is 10.7. The van der Waals surface area contributed by atoms with Crippen LogP contribution in [0.5, 0.6) is 0 Å². The van der Waals surface area contributed by atoms with Gasteiger partial charge >= 0.3 is 0 Å². The van der Waals surface area contributed by atoms with Gasteiger partial charge in [-0.15, -0.1) is 0 Å². The van der Waals surface area contributed by atoms with Gasteiger partial charge in [0.25, 0.3) is 5.91 Å². The molecule has 4 rings (SSSR count). The summed E-state index contributed by atoms with van der Waals surface area (Å²) in [7, 11) is 0. The van der Waals surface area contributed by atoms with Gasteiger partial charge in [0, 0.05) is 18.7 Å². The molecule has 31 heavy (non-hydrogen) atoms. The number of carbonyl (C=O) groups excluding carboxylic acids is 1. The molecule has 158 valence electrons. The van der Waals surface area contributed by atoms with Gasteiger partial charge in [0.05, 0.1) is 17.6 Å². The number of para-hydroxylation sites is 2. The van der Waals surface area contributed by atoms with Crippen LogP contribution in [0.2, 0.25) is 0 Å². The fraction of sp³-hybridized carbons (Fsp3) is 0.231. The summed E-state index contributed by atoms with van der Waals surface area (Å²) in [5, 5.41) is 0. The summed E-state index contributed by atoms with van der Waals surface area (Å²) < 4.78 is 2.21.